The Balaban J connectivity index is 3.08. The second-order valence-corrected chi connectivity index (χ2v) is 4.11. The molecule has 3 N–H and O–H groups in total. The molecule has 1 heterocycles. The lowest BCUT2D eigenvalue weighted by Crippen LogP contribution is -2.22. The highest BCUT2D eigenvalue weighted by atomic mass is 79.9. The van der Waals surface area contributed by atoms with Crippen LogP contribution in [-0.2, 0) is 4.79 Å². The average Bonchev–Trinajstić information content (AvgIpc) is 2.03. The minimum Gasteiger partial charge on any atom is -0.480 e. The maximum Gasteiger partial charge on any atom is 0.326 e. The summed E-state index contributed by atoms with van der Waals surface area (Å²) in [6, 6.07) is 0.605. The van der Waals surface area contributed by atoms with E-state index in [0.717, 1.165) is 4.47 Å². The first kappa shape index (κ1) is 10.6. The van der Waals surface area contributed by atoms with Crippen molar-refractivity contribution in [3.05, 3.63) is 26.9 Å². The van der Waals surface area contributed by atoms with Crippen LogP contribution in [0.25, 0.3) is 0 Å². The molecule has 1 atom stereocenters. The van der Waals surface area contributed by atoms with E-state index < -0.39 is 12.0 Å². The molecule has 6 heteroatoms. The summed E-state index contributed by atoms with van der Waals surface area (Å²) < 4.78 is 1.34. The van der Waals surface area contributed by atoms with Crippen LogP contribution < -0.4 is 5.73 Å². The van der Waals surface area contributed by atoms with Gasteiger partial charge in [0.05, 0.1) is 5.69 Å². The average molecular weight is 310 g/mol. The van der Waals surface area contributed by atoms with Gasteiger partial charge >= 0.3 is 5.97 Å². The molecule has 1 aromatic heterocycles. The number of aliphatic carboxylic acids is 1. The zero-order valence-electron chi connectivity index (χ0n) is 6.37. The Morgan fingerprint density at radius 2 is 2.23 bits per heavy atom. The first-order valence-corrected chi connectivity index (χ1v) is 4.90. The van der Waals surface area contributed by atoms with Gasteiger partial charge in [-0.1, -0.05) is 0 Å². The van der Waals surface area contributed by atoms with Crippen molar-refractivity contribution in [1.29, 1.82) is 0 Å². The highest BCUT2D eigenvalue weighted by Gasteiger charge is 2.18. The first-order valence-electron chi connectivity index (χ1n) is 3.31. The normalized spacial score (nSPS) is 12.5. The molecule has 0 fully saturated rings. The third-order valence-corrected chi connectivity index (χ3v) is 2.47. The summed E-state index contributed by atoms with van der Waals surface area (Å²) in [5, 5.41) is 8.63. The van der Waals surface area contributed by atoms with Gasteiger partial charge in [0, 0.05) is 15.1 Å². The molecular formula is C7H6Br2N2O2. The third-order valence-electron chi connectivity index (χ3n) is 1.40. The molecule has 0 aromatic carbocycles. The van der Waals surface area contributed by atoms with Crippen LogP contribution in [0.1, 0.15) is 11.7 Å². The van der Waals surface area contributed by atoms with Gasteiger partial charge in [0.15, 0.2) is 0 Å². The number of hydrogen-bond donors (Lipinski definition) is 2. The summed E-state index contributed by atoms with van der Waals surface area (Å²) >= 11 is 6.38. The monoisotopic (exact) mass is 308 g/mol. The summed E-state index contributed by atoms with van der Waals surface area (Å²) in [7, 11) is 0. The lowest BCUT2D eigenvalue weighted by Gasteiger charge is -2.07. The third kappa shape index (κ3) is 2.49. The summed E-state index contributed by atoms with van der Waals surface area (Å²) in [5.74, 6) is -1.10. The summed E-state index contributed by atoms with van der Waals surface area (Å²) in [6.07, 6.45) is 1.50. The maximum absolute atomic E-state index is 10.5. The molecule has 70 valence electrons. The Hall–Kier alpha value is -0.460. The number of carboxylic acid groups (broad SMARTS) is 1. The summed E-state index contributed by atoms with van der Waals surface area (Å²) in [4.78, 5) is 14.4. The van der Waals surface area contributed by atoms with E-state index in [2.05, 4.69) is 36.8 Å². The molecule has 0 spiro atoms. The fourth-order valence-electron chi connectivity index (χ4n) is 0.771. The van der Waals surface area contributed by atoms with Crippen molar-refractivity contribution in [2.75, 3.05) is 0 Å². The van der Waals surface area contributed by atoms with E-state index in [0.29, 0.717) is 10.2 Å². The Labute approximate surface area is 91.4 Å². The molecule has 0 aliphatic heterocycles. The van der Waals surface area contributed by atoms with Crippen LogP contribution in [0.4, 0.5) is 0 Å². The molecule has 0 saturated heterocycles. The van der Waals surface area contributed by atoms with Crippen LogP contribution in [0.2, 0.25) is 0 Å². The fourth-order valence-corrected chi connectivity index (χ4v) is 2.01. The zero-order chi connectivity index (χ0) is 10.0. The molecule has 0 bridgehead atoms. The Bertz CT molecular complexity index is 343. The van der Waals surface area contributed by atoms with Gasteiger partial charge in [-0.15, -0.1) is 0 Å². The highest BCUT2D eigenvalue weighted by Crippen LogP contribution is 2.23. The number of nitrogens with two attached hydrogens (primary N) is 1. The van der Waals surface area contributed by atoms with Crippen molar-refractivity contribution < 1.29 is 9.90 Å². The molecule has 13 heavy (non-hydrogen) atoms. The van der Waals surface area contributed by atoms with Crippen LogP contribution in [-0.4, -0.2) is 16.1 Å². The van der Waals surface area contributed by atoms with Crippen molar-refractivity contribution in [2.45, 2.75) is 6.04 Å². The van der Waals surface area contributed by atoms with Gasteiger partial charge in [0.25, 0.3) is 0 Å². The van der Waals surface area contributed by atoms with E-state index in [9.17, 15) is 4.79 Å². The van der Waals surface area contributed by atoms with E-state index in [-0.39, 0.29) is 0 Å². The lowest BCUT2D eigenvalue weighted by molar-refractivity contribution is -0.138. The van der Waals surface area contributed by atoms with E-state index in [1.54, 1.807) is 6.07 Å². The number of hydrogen-bond acceptors (Lipinski definition) is 3. The van der Waals surface area contributed by atoms with Crippen molar-refractivity contribution in [2.24, 2.45) is 5.73 Å². The minimum absolute atomic E-state index is 0.315. The smallest absolute Gasteiger partial charge is 0.326 e. The minimum atomic E-state index is -1.10. The van der Waals surface area contributed by atoms with Gasteiger partial charge < -0.3 is 10.8 Å². The van der Waals surface area contributed by atoms with Crippen molar-refractivity contribution in [3.8, 4) is 0 Å². The predicted octanol–water partition coefficient (Wildman–Crippen LogP) is 1.69. The maximum atomic E-state index is 10.5. The van der Waals surface area contributed by atoms with Crippen molar-refractivity contribution in [1.82, 2.24) is 4.98 Å². The number of rotatable bonds is 2. The second kappa shape index (κ2) is 4.17. The van der Waals surface area contributed by atoms with Crippen LogP contribution in [0.3, 0.4) is 0 Å². The number of carbonyl (C=O) groups is 1. The number of halogens is 2. The van der Waals surface area contributed by atoms with E-state index in [1.807, 2.05) is 0 Å². The predicted molar refractivity (Wildman–Crippen MR) is 54.2 cm³/mol. The molecule has 0 radical (unpaired) electrons. The number of carboxylic acids is 1. The van der Waals surface area contributed by atoms with Crippen LogP contribution in [0, 0.1) is 0 Å². The van der Waals surface area contributed by atoms with Crippen LogP contribution in [0.5, 0.6) is 0 Å². The fraction of sp³-hybridized carbons (Fsp3) is 0.143. The molecule has 1 rings (SSSR count). The Morgan fingerprint density at radius 3 is 2.69 bits per heavy atom. The topological polar surface area (TPSA) is 76.2 Å². The van der Waals surface area contributed by atoms with Crippen LogP contribution >= 0.6 is 31.9 Å². The lowest BCUT2D eigenvalue weighted by atomic mass is 10.2. The molecule has 0 unspecified atom stereocenters. The van der Waals surface area contributed by atoms with Gasteiger partial charge in [0.2, 0.25) is 0 Å². The Kier molecular flexibility index (Phi) is 3.40. The van der Waals surface area contributed by atoms with Crippen LogP contribution in [0.15, 0.2) is 21.2 Å². The van der Waals surface area contributed by atoms with Gasteiger partial charge in [-0.05, 0) is 37.9 Å². The molecule has 0 saturated carbocycles. The Morgan fingerprint density at radius 1 is 1.62 bits per heavy atom. The molecule has 0 aliphatic rings. The van der Waals surface area contributed by atoms with Crippen molar-refractivity contribution in [3.63, 3.8) is 0 Å². The first-order chi connectivity index (χ1) is 6.02. The molecule has 0 aliphatic carbocycles. The largest absolute Gasteiger partial charge is 0.480 e. The number of nitrogens with zero attached hydrogens (tertiary/aromatic N) is 1. The molecule has 1 aromatic rings. The number of pyridine rings is 1. The quantitative estimate of drug-likeness (QED) is 0.871. The van der Waals surface area contributed by atoms with Gasteiger partial charge in [-0.25, -0.2) is 0 Å². The summed E-state index contributed by atoms with van der Waals surface area (Å²) in [5.41, 5.74) is 5.70. The zero-order valence-corrected chi connectivity index (χ0v) is 9.54. The molecular weight excluding hydrogens is 304 g/mol. The van der Waals surface area contributed by atoms with Gasteiger partial charge in [0.1, 0.15) is 6.04 Å². The van der Waals surface area contributed by atoms with Gasteiger partial charge in [-0.3, -0.25) is 9.78 Å². The van der Waals surface area contributed by atoms with E-state index in [1.165, 1.54) is 6.20 Å². The highest BCUT2D eigenvalue weighted by molar-refractivity contribution is 9.11. The van der Waals surface area contributed by atoms with Crippen molar-refractivity contribution >= 4 is 37.8 Å². The summed E-state index contributed by atoms with van der Waals surface area (Å²) in [6.45, 7) is 0. The van der Waals surface area contributed by atoms with E-state index in [4.69, 9.17) is 10.8 Å². The second-order valence-electron chi connectivity index (χ2n) is 2.34. The molecule has 0 amide bonds. The SMILES string of the molecule is N[C@@H](C(=O)O)c1ncc(Br)cc1Br. The molecule has 4 nitrogen and oxygen atoms in total. The standard InChI is InChI=1S/C7H6Br2N2O2/c8-3-1-4(9)6(11-2-3)5(10)7(12)13/h1-2,5H,10H2,(H,12,13)/t5-/m1/s1. The number of aromatic nitrogens is 1. The van der Waals surface area contributed by atoms with E-state index >= 15 is 0 Å². The van der Waals surface area contributed by atoms with Gasteiger partial charge in [-0.2, -0.15) is 0 Å².